The molecule has 0 amide bonds. The summed E-state index contributed by atoms with van der Waals surface area (Å²) in [5.41, 5.74) is 2.00. The third-order valence-corrected chi connectivity index (χ3v) is 10.1. The van der Waals surface area contributed by atoms with Gasteiger partial charge in [-0.25, -0.2) is 8.42 Å². The molecule has 0 spiro atoms. The van der Waals surface area contributed by atoms with Crippen LogP contribution in [0.4, 0.5) is 0 Å². The molecule has 4 rings (SSSR count). The van der Waals surface area contributed by atoms with E-state index in [9.17, 15) is 26.4 Å². The lowest BCUT2D eigenvalue weighted by atomic mass is 9.88. The fraction of sp³-hybridized carbons (Fsp3) is 0.533. The van der Waals surface area contributed by atoms with Crippen molar-refractivity contribution in [1.82, 2.24) is 0 Å². The first-order valence-electron chi connectivity index (χ1n) is 14.0. The standard InChI is InChI=1S/C15H20O5S.C8H14O3.C7H7ClO2S/c1-11-3-9-14(10-4-11)21(17,18)20-13-7-5-12(6-8-13)15(16)19-2;1-11-8(10)6-2-4-7(9)5-3-6;1-6-2-4-7(5-3-6)11(8,9)10/h3-4,9-10,12-13H,5-8H2,1-2H3;6-7,9H,2-5H2,1H3;2-5H,1H3. The number of aliphatic hydroxyl groups excluding tert-OH is 1. The molecule has 1 N–H and O–H groups in total. The van der Waals surface area contributed by atoms with Crippen molar-refractivity contribution in [2.45, 2.75) is 87.2 Å². The van der Waals surface area contributed by atoms with E-state index < -0.39 is 19.2 Å². The molecule has 2 fully saturated rings. The van der Waals surface area contributed by atoms with Gasteiger partial charge < -0.3 is 14.6 Å². The highest BCUT2D eigenvalue weighted by molar-refractivity contribution is 8.13. The molecule has 2 aliphatic carbocycles. The second-order valence-corrected chi connectivity index (χ2v) is 14.8. The van der Waals surface area contributed by atoms with Gasteiger partial charge in [-0.1, -0.05) is 35.4 Å². The average Bonchev–Trinajstić information content (AvgIpc) is 2.97. The van der Waals surface area contributed by atoms with Crippen molar-refractivity contribution in [3.63, 3.8) is 0 Å². The van der Waals surface area contributed by atoms with Gasteiger partial charge in [0.15, 0.2) is 0 Å². The summed E-state index contributed by atoms with van der Waals surface area (Å²) < 4.78 is 60.4. The van der Waals surface area contributed by atoms with Crippen LogP contribution in [0.3, 0.4) is 0 Å². The van der Waals surface area contributed by atoms with Crippen LogP contribution in [0.2, 0.25) is 0 Å². The summed E-state index contributed by atoms with van der Waals surface area (Å²) in [5.74, 6) is -0.466. The molecule has 2 aliphatic rings. The lowest BCUT2D eigenvalue weighted by Crippen LogP contribution is -2.28. The summed E-state index contributed by atoms with van der Waals surface area (Å²) in [6.45, 7) is 3.77. The van der Waals surface area contributed by atoms with Gasteiger partial charge in [-0.05, 0) is 89.5 Å². The van der Waals surface area contributed by atoms with Crippen molar-refractivity contribution in [3.8, 4) is 0 Å². The zero-order valence-electron chi connectivity index (χ0n) is 24.9. The van der Waals surface area contributed by atoms with E-state index in [1.807, 2.05) is 13.8 Å². The second kappa shape index (κ2) is 17.1. The fourth-order valence-corrected chi connectivity index (χ4v) is 6.58. The third kappa shape index (κ3) is 12.6. The molecule has 0 saturated heterocycles. The molecule has 0 heterocycles. The zero-order chi connectivity index (χ0) is 32.2. The van der Waals surface area contributed by atoms with Crippen molar-refractivity contribution in [3.05, 3.63) is 59.7 Å². The van der Waals surface area contributed by atoms with E-state index in [-0.39, 0.29) is 45.8 Å². The molecular formula is C30H41ClO10S2. The van der Waals surface area contributed by atoms with Gasteiger partial charge in [0.2, 0.25) is 0 Å². The highest BCUT2D eigenvalue weighted by Crippen LogP contribution is 2.29. The molecule has 2 aromatic carbocycles. The molecule has 0 aliphatic heterocycles. The number of esters is 2. The first-order valence-corrected chi connectivity index (χ1v) is 17.7. The molecule has 43 heavy (non-hydrogen) atoms. The number of hydrogen-bond acceptors (Lipinski definition) is 10. The molecule has 10 nitrogen and oxygen atoms in total. The van der Waals surface area contributed by atoms with Crippen LogP contribution < -0.4 is 0 Å². The number of aryl methyl sites for hydroxylation is 2. The summed E-state index contributed by atoms with van der Waals surface area (Å²) >= 11 is 0. The third-order valence-electron chi connectivity index (χ3n) is 7.31. The quantitative estimate of drug-likeness (QED) is 0.253. The van der Waals surface area contributed by atoms with E-state index in [0.29, 0.717) is 25.7 Å². The van der Waals surface area contributed by atoms with Gasteiger partial charge >= 0.3 is 11.9 Å². The predicted molar refractivity (Wildman–Crippen MR) is 161 cm³/mol. The van der Waals surface area contributed by atoms with Gasteiger partial charge in [0.1, 0.15) is 0 Å². The minimum Gasteiger partial charge on any atom is -0.469 e. The number of hydrogen-bond donors (Lipinski definition) is 1. The highest BCUT2D eigenvalue weighted by atomic mass is 35.7. The van der Waals surface area contributed by atoms with Crippen LogP contribution >= 0.6 is 10.7 Å². The molecular weight excluding hydrogens is 620 g/mol. The van der Waals surface area contributed by atoms with Gasteiger partial charge in [0.25, 0.3) is 19.2 Å². The minimum absolute atomic E-state index is 0.0309. The van der Waals surface area contributed by atoms with E-state index in [0.717, 1.165) is 36.8 Å². The highest BCUT2D eigenvalue weighted by Gasteiger charge is 2.30. The summed E-state index contributed by atoms with van der Waals surface area (Å²) in [7, 11) is 0.578. The fourth-order valence-electron chi connectivity index (χ4n) is 4.68. The monoisotopic (exact) mass is 660 g/mol. The Kier molecular flexibility index (Phi) is 14.6. The van der Waals surface area contributed by atoms with Crippen LogP contribution in [0.1, 0.15) is 62.5 Å². The van der Waals surface area contributed by atoms with Crippen LogP contribution in [0, 0.1) is 25.7 Å². The van der Waals surface area contributed by atoms with Crippen molar-refractivity contribution in [1.29, 1.82) is 0 Å². The normalized spacial score (nSPS) is 22.1. The largest absolute Gasteiger partial charge is 0.469 e. The molecule has 0 atom stereocenters. The second-order valence-electron chi connectivity index (χ2n) is 10.6. The maximum Gasteiger partial charge on any atom is 0.308 e. The molecule has 0 aromatic heterocycles. The van der Waals surface area contributed by atoms with Gasteiger partial charge in [-0.15, -0.1) is 0 Å². The number of halogens is 1. The Morgan fingerprint density at radius 2 is 1.05 bits per heavy atom. The average molecular weight is 661 g/mol. The number of rotatable bonds is 6. The van der Waals surface area contributed by atoms with Crippen molar-refractivity contribution in [2.75, 3.05) is 14.2 Å². The molecule has 240 valence electrons. The van der Waals surface area contributed by atoms with E-state index in [2.05, 4.69) is 4.74 Å². The first kappa shape index (κ1) is 36.7. The molecule has 0 radical (unpaired) electrons. The molecule has 0 unspecified atom stereocenters. The maximum atomic E-state index is 12.2. The molecule has 0 bridgehead atoms. The lowest BCUT2D eigenvalue weighted by molar-refractivity contribution is -0.148. The van der Waals surface area contributed by atoms with E-state index in [1.54, 1.807) is 36.4 Å². The summed E-state index contributed by atoms with van der Waals surface area (Å²) in [6.07, 6.45) is 4.74. The van der Waals surface area contributed by atoms with Crippen LogP contribution in [0.25, 0.3) is 0 Å². The van der Waals surface area contributed by atoms with Crippen molar-refractivity contribution >= 4 is 41.8 Å². The smallest absolute Gasteiger partial charge is 0.308 e. The van der Waals surface area contributed by atoms with Crippen LogP contribution in [-0.2, 0) is 42.4 Å². The summed E-state index contributed by atoms with van der Waals surface area (Å²) in [4.78, 5) is 22.7. The van der Waals surface area contributed by atoms with Crippen molar-refractivity contribution < 1.29 is 45.2 Å². The first-order chi connectivity index (χ1) is 20.2. The Morgan fingerprint density at radius 1 is 0.674 bits per heavy atom. The number of carbonyl (C=O) groups is 2. The Morgan fingerprint density at radius 3 is 1.42 bits per heavy atom. The number of methoxy groups -OCH3 is 2. The maximum absolute atomic E-state index is 12.2. The topological polar surface area (TPSA) is 150 Å². The Hall–Kier alpha value is -2.51. The molecule has 13 heteroatoms. The van der Waals surface area contributed by atoms with Crippen LogP contribution in [-0.4, -0.2) is 60.3 Å². The van der Waals surface area contributed by atoms with Gasteiger partial charge in [-0.2, -0.15) is 8.42 Å². The minimum atomic E-state index is -3.74. The number of carbonyl (C=O) groups excluding carboxylic acids is 2. The number of ether oxygens (including phenoxy) is 2. The van der Waals surface area contributed by atoms with E-state index >= 15 is 0 Å². The number of benzene rings is 2. The van der Waals surface area contributed by atoms with Crippen LogP contribution in [0.15, 0.2) is 58.3 Å². The van der Waals surface area contributed by atoms with Crippen LogP contribution in [0.5, 0.6) is 0 Å². The Labute approximate surface area is 259 Å². The van der Waals surface area contributed by atoms with Gasteiger partial charge in [0.05, 0.1) is 48.1 Å². The summed E-state index contributed by atoms with van der Waals surface area (Å²) in [5, 5.41) is 9.13. The van der Waals surface area contributed by atoms with E-state index in [4.69, 9.17) is 24.7 Å². The lowest BCUT2D eigenvalue weighted by Gasteiger charge is -2.26. The summed E-state index contributed by atoms with van der Waals surface area (Å²) in [6, 6.07) is 12.9. The van der Waals surface area contributed by atoms with Gasteiger partial charge in [0, 0.05) is 10.7 Å². The molecule has 2 aromatic rings. The molecule has 2 saturated carbocycles. The SMILES string of the molecule is COC(=O)C1CCC(O)CC1.COC(=O)C1CCC(OS(=O)(=O)c2ccc(C)cc2)CC1.Cc1ccc(S(=O)(=O)Cl)cc1. The number of aliphatic hydroxyl groups is 1. The predicted octanol–water partition coefficient (Wildman–Crippen LogP) is 5.07. The zero-order valence-corrected chi connectivity index (χ0v) is 27.3. The Balaban J connectivity index is 0.000000247. The van der Waals surface area contributed by atoms with Crippen molar-refractivity contribution in [2.24, 2.45) is 11.8 Å². The van der Waals surface area contributed by atoms with Gasteiger partial charge in [-0.3, -0.25) is 13.8 Å². The Bertz CT molecular complexity index is 1380. The van der Waals surface area contributed by atoms with E-state index in [1.165, 1.54) is 26.4 Å².